The van der Waals surface area contributed by atoms with Crippen molar-refractivity contribution in [2.45, 2.75) is 20.8 Å². The maximum Gasteiger partial charge on any atom is 0.169 e. The van der Waals surface area contributed by atoms with Crippen LogP contribution >= 0.6 is 0 Å². The number of aryl methyl sites for hydroxylation is 1. The van der Waals surface area contributed by atoms with Gasteiger partial charge < -0.3 is 0 Å². The highest BCUT2D eigenvalue weighted by Gasteiger charge is 2.16. The highest BCUT2D eigenvalue weighted by atomic mass is 15.2. The van der Waals surface area contributed by atoms with Crippen molar-refractivity contribution in [2.24, 2.45) is 0 Å². The number of pyridine rings is 1. The van der Waals surface area contributed by atoms with E-state index >= 15 is 0 Å². The minimum atomic E-state index is 0.859. The zero-order valence-electron chi connectivity index (χ0n) is 24.0. The molecule has 2 aromatic heterocycles. The van der Waals surface area contributed by atoms with Crippen LogP contribution in [0.3, 0.4) is 0 Å². The van der Waals surface area contributed by atoms with E-state index in [2.05, 4.69) is 155 Å². The molecule has 0 amide bonds. The maximum atomic E-state index is 4.65. The molecule has 0 radical (unpaired) electrons. The molecule has 0 saturated heterocycles. The topological polar surface area (TPSA) is 30.2 Å². The van der Waals surface area contributed by atoms with Gasteiger partial charge in [-0.3, -0.25) is 4.40 Å². The second-order valence-electron chi connectivity index (χ2n) is 10.5. The quantitative estimate of drug-likeness (QED) is 0.208. The fourth-order valence-corrected chi connectivity index (χ4v) is 5.84. The Morgan fingerprint density at radius 1 is 0.452 bits per heavy atom. The molecule has 0 aliphatic rings. The summed E-state index contributed by atoms with van der Waals surface area (Å²) in [6.07, 6.45) is 0. The van der Waals surface area contributed by atoms with Crippen molar-refractivity contribution in [1.82, 2.24) is 14.6 Å². The molecule has 202 valence electrons. The van der Waals surface area contributed by atoms with Gasteiger partial charge in [-0.05, 0) is 63.5 Å². The van der Waals surface area contributed by atoms with Gasteiger partial charge in [0.15, 0.2) is 11.5 Å². The SMILES string of the molecule is CC.Cc1ccc(-c2nnc3c4ccccc4c4cc(-c5ccc(-c6ccc7ccccc7c6)cc5)ccc4n23)cc1. The van der Waals surface area contributed by atoms with Crippen molar-refractivity contribution in [3.05, 3.63) is 139 Å². The van der Waals surface area contributed by atoms with Gasteiger partial charge in [-0.1, -0.05) is 135 Å². The molecule has 0 atom stereocenters. The molecule has 0 saturated carbocycles. The summed E-state index contributed by atoms with van der Waals surface area (Å²) >= 11 is 0. The van der Waals surface area contributed by atoms with Gasteiger partial charge in [0.2, 0.25) is 0 Å². The first-order valence-corrected chi connectivity index (χ1v) is 14.6. The van der Waals surface area contributed by atoms with Crippen LogP contribution in [0.4, 0.5) is 0 Å². The Labute approximate surface area is 245 Å². The minimum absolute atomic E-state index is 0.859. The van der Waals surface area contributed by atoms with Crippen LogP contribution in [0.15, 0.2) is 133 Å². The summed E-state index contributed by atoms with van der Waals surface area (Å²) in [5, 5.41) is 15.3. The van der Waals surface area contributed by atoms with Crippen LogP contribution in [-0.2, 0) is 0 Å². The summed E-state index contributed by atoms with van der Waals surface area (Å²) < 4.78 is 2.20. The van der Waals surface area contributed by atoms with Gasteiger partial charge in [0, 0.05) is 16.3 Å². The molecule has 0 N–H and O–H groups in total. The van der Waals surface area contributed by atoms with E-state index < -0.39 is 0 Å². The van der Waals surface area contributed by atoms with Crippen molar-refractivity contribution in [2.75, 3.05) is 0 Å². The maximum absolute atomic E-state index is 4.65. The van der Waals surface area contributed by atoms with Gasteiger partial charge in [0.25, 0.3) is 0 Å². The van der Waals surface area contributed by atoms with Crippen molar-refractivity contribution in [1.29, 1.82) is 0 Å². The Kier molecular flexibility index (Phi) is 6.48. The lowest BCUT2D eigenvalue weighted by atomic mass is 9.96. The molecule has 6 aromatic carbocycles. The van der Waals surface area contributed by atoms with Crippen LogP contribution in [0.5, 0.6) is 0 Å². The zero-order chi connectivity index (χ0) is 28.6. The Balaban J connectivity index is 0.00000141. The fraction of sp³-hybridized carbons (Fsp3) is 0.0769. The third-order valence-electron chi connectivity index (χ3n) is 7.97. The zero-order valence-corrected chi connectivity index (χ0v) is 24.0. The predicted molar refractivity (Wildman–Crippen MR) is 178 cm³/mol. The molecule has 0 spiro atoms. The van der Waals surface area contributed by atoms with Gasteiger partial charge in [0.05, 0.1) is 5.52 Å². The highest BCUT2D eigenvalue weighted by molar-refractivity contribution is 6.13. The van der Waals surface area contributed by atoms with Crippen molar-refractivity contribution in [3.63, 3.8) is 0 Å². The summed E-state index contributed by atoms with van der Waals surface area (Å²) in [5.41, 5.74) is 9.09. The van der Waals surface area contributed by atoms with E-state index in [1.165, 1.54) is 49.4 Å². The molecule has 0 aliphatic carbocycles. The normalized spacial score (nSPS) is 11.2. The van der Waals surface area contributed by atoms with Crippen LogP contribution in [-0.4, -0.2) is 14.6 Å². The van der Waals surface area contributed by atoms with Crippen LogP contribution < -0.4 is 0 Å². The number of nitrogens with zero attached hydrogens (tertiary/aromatic N) is 3. The van der Waals surface area contributed by atoms with Crippen LogP contribution in [0.1, 0.15) is 19.4 Å². The van der Waals surface area contributed by atoms with E-state index in [0.717, 1.165) is 27.9 Å². The molecular formula is C39H31N3. The second-order valence-corrected chi connectivity index (χ2v) is 10.5. The van der Waals surface area contributed by atoms with Gasteiger partial charge in [0.1, 0.15) is 0 Å². The first kappa shape index (κ1) is 25.7. The average molecular weight is 542 g/mol. The number of benzene rings is 6. The molecule has 3 nitrogen and oxygen atoms in total. The first-order valence-electron chi connectivity index (χ1n) is 14.6. The molecule has 2 heterocycles. The van der Waals surface area contributed by atoms with Crippen LogP contribution in [0.2, 0.25) is 0 Å². The van der Waals surface area contributed by atoms with E-state index in [0.29, 0.717) is 0 Å². The molecule has 0 bridgehead atoms. The summed E-state index contributed by atoms with van der Waals surface area (Å²) in [4.78, 5) is 0. The average Bonchev–Trinajstić information content (AvgIpc) is 3.51. The van der Waals surface area contributed by atoms with Crippen molar-refractivity contribution >= 4 is 38.1 Å². The number of hydrogen-bond donors (Lipinski definition) is 0. The van der Waals surface area contributed by atoms with Gasteiger partial charge in [-0.15, -0.1) is 10.2 Å². The van der Waals surface area contributed by atoms with Crippen LogP contribution in [0, 0.1) is 6.92 Å². The lowest BCUT2D eigenvalue weighted by Gasteiger charge is -2.12. The third-order valence-corrected chi connectivity index (χ3v) is 7.97. The number of aromatic nitrogens is 3. The lowest BCUT2D eigenvalue weighted by molar-refractivity contribution is 1.12. The molecule has 8 aromatic rings. The fourth-order valence-electron chi connectivity index (χ4n) is 5.84. The molecule has 8 rings (SSSR count). The van der Waals surface area contributed by atoms with E-state index in [4.69, 9.17) is 0 Å². The molecule has 0 unspecified atom stereocenters. The Bertz CT molecular complexity index is 2210. The Hall–Kier alpha value is -5.28. The Morgan fingerprint density at radius 2 is 1.02 bits per heavy atom. The predicted octanol–water partition coefficient (Wildman–Crippen LogP) is 10.5. The van der Waals surface area contributed by atoms with Crippen molar-refractivity contribution < 1.29 is 0 Å². The largest absolute Gasteiger partial charge is 0.274 e. The molecule has 42 heavy (non-hydrogen) atoms. The lowest BCUT2D eigenvalue weighted by Crippen LogP contribution is -1.95. The second kappa shape index (κ2) is 10.6. The van der Waals surface area contributed by atoms with E-state index in [1.54, 1.807) is 0 Å². The van der Waals surface area contributed by atoms with Gasteiger partial charge in [-0.25, -0.2) is 0 Å². The van der Waals surface area contributed by atoms with Crippen LogP contribution in [0.25, 0.3) is 71.7 Å². The molecule has 0 fully saturated rings. The summed E-state index contributed by atoms with van der Waals surface area (Å²) in [6, 6.07) is 47.8. The third kappa shape index (κ3) is 4.31. The first-order chi connectivity index (χ1) is 20.7. The standard InChI is InChI=1S/C37H25N3.C2H6/c1-24-10-12-28(13-11-24)36-38-39-37-33-9-5-4-8-32(33)34-23-31(20-21-35(34)40(36)37)27-16-14-26(15-17-27)30-19-18-25-6-2-3-7-29(25)22-30;1-2/h2-23H,1H3;1-2H3. The van der Waals surface area contributed by atoms with Gasteiger partial charge >= 0.3 is 0 Å². The summed E-state index contributed by atoms with van der Waals surface area (Å²) in [5.74, 6) is 0.859. The number of fused-ring (bicyclic) bond motifs is 7. The van der Waals surface area contributed by atoms with Crippen molar-refractivity contribution in [3.8, 4) is 33.6 Å². The van der Waals surface area contributed by atoms with E-state index in [9.17, 15) is 0 Å². The monoisotopic (exact) mass is 541 g/mol. The Morgan fingerprint density at radius 3 is 1.76 bits per heavy atom. The summed E-state index contributed by atoms with van der Waals surface area (Å²) in [7, 11) is 0. The van der Waals surface area contributed by atoms with E-state index in [1.807, 2.05) is 13.8 Å². The molecule has 3 heteroatoms. The minimum Gasteiger partial charge on any atom is -0.274 e. The van der Waals surface area contributed by atoms with E-state index in [-0.39, 0.29) is 0 Å². The molecule has 0 aliphatic heterocycles. The smallest absolute Gasteiger partial charge is 0.169 e. The number of rotatable bonds is 3. The van der Waals surface area contributed by atoms with Gasteiger partial charge in [-0.2, -0.15) is 0 Å². The molecular weight excluding hydrogens is 510 g/mol. The highest BCUT2D eigenvalue weighted by Crippen LogP contribution is 2.35. The number of hydrogen-bond acceptors (Lipinski definition) is 2. The summed E-state index contributed by atoms with van der Waals surface area (Å²) in [6.45, 7) is 6.10.